The summed E-state index contributed by atoms with van der Waals surface area (Å²) in [5.74, 6) is 4.45. The highest BCUT2D eigenvalue weighted by Crippen LogP contribution is 2.47. The van der Waals surface area contributed by atoms with Crippen LogP contribution in [0.25, 0.3) is 11.4 Å². The van der Waals surface area contributed by atoms with Crippen LogP contribution in [-0.4, -0.2) is 55.3 Å². The normalized spacial score (nSPS) is 26.3. The molecule has 2 aromatic heterocycles. The number of likely N-dealkylation sites (tertiary alicyclic amines) is 1. The standard InChI is InChI=1S/C22H28F3N5S/c1-2-30-20(27-19(28-30)16-5-8-18(26-11-16)22(23,24)25)15-3-6-17(7-4-15)29-10-9-21(12-29)13-31-14-21/h5,8,11,15,17H,2-4,6-7,9-10,12-14H2,1H3. The molecule has 1 spiro atoms. The van der Waals surface area contributed by atoms with Crippen LogP contribution in [0.4, 0.5) is 13.2 Å². The molecule has 3 aliphatic rings. The smallest absolute Gasteiger partial charge is 0.300 e. The second-order valence-electron chi connectivity index (χ2n) is 9.26. The number of rotatable bonds is 4. The SMILES string of the molecule is CCn1nc(-c2ccc(C(F)(F)F)nc2)nc1C1CCC(N2CCC3(CSC3)C2)CC1. The summed E-state index contributed by atoms with van der Waals surface area (Å²) < 4.78 is 40.3. The molecule has 2 aliphatic heterocycles. The van der Waals surface area contributed by atoms with E-state index in [0.717, 1.165) is 24.7 Å². The molecule has 0 bridgehead atoms. The molecular weight excluding hydrogens is 423 g/mol. The second-order valence-corrected chi connectivity index (χ2v) is 10.2. The van der Waals surface area contributed by atoms with Gasteiger partial charge in [-0.25, -0.2) is 9.67 Å². The molecule has 0 radical (unpaired) electrons. The first-order chi connectivity index (χ1) is 14.9. The van der Waals surface area contributed by atoms with Gasteiger partial charge in [0.05, 0.1) is 0 Å². The molecule has 0 aromatic carbocycles. The van der Waals surface area contributed by atoms with Crippen molar-refractivity contribution in [3.8, 4) is 11.4 Å². The minimum absolute atomic E-state index is 0.357. The van der Waals surface area contributed by atoms with Gasteiger partial charge in [-0.15, -0.1) is 0 Å². The zero-order valence-electron chi connectivity index (χ0n) is 17.7. The summed E-state index contributed by atoms with van der Waals surface area (Å²) in [4.78, 5) is 11.0. The summed E-state index contributed by atoms with van der Waals surface area (Å²) in [7, 11) is 0. The van der Waals surface area contributed by atoms with Gasteiger partial charge in [0.2, 0.25) is 0 Å². The fraction of sp³-hybridized carbons (Fsp3) is 0.682. The van der Waals surface area contributed by atoms with Crippen molar-refractivity contribution in [2.45, 2.75) is 63.7 Å². The van der Waals surface area contributed by atoms with Crippen molar-refractivity contribution in [1.82, 2.24) is 24.6 Å². The lowest BCUT2D eigenvalue weighted by Crippen LogP contribution is -2.42. The van der Waals surface area contributed by atoms with E-state index in [0.29, 0.717) is 35.3 Å². The van der Waals surface area contributed by atoms with E-state index >= 15 is 0 Å². The van der Waals surface area contributed by atoms with Gasteiger partial charge in [0, 0.05) is 53.7 Å². The number of hydrogen-bond donors (Lipinski definition) is 0. The van der Waals surface area contributed by atoms with Gasteiger partial charge in [-0.1, -0.05) is 0 Å². The Hall–Kier alpha value is -1.61. The van der Waals surface area contributed by atoms with Gasteiger partial charge in [0.25, 0.3) is 0 Å². The summed E-state index contributed by atoms with van der Waals surface area (Å²) >= 11 is 2.08. The van der Waals surface area contributed by atoms with Crippen LogP contribution in [0.2, 0.25) is 0 Å². The van der Waals surface area contributed by atoms with Gasteiger partial charge in [-0.05, 0) is 57.7 Å². The van der Waals surface area contributed by atoms with Gasteiger partial charge in [-0.3, -0.25) is 9.88 Å². The number of alkyl halides is 3. The molecule has 1 aliphatic carbocycles. The number of aromatic nitrogens is 4. The van der Waals surface area contributed by atoms with Crippen LogP contribution in [0.15, 0.2) is 18.3 Å². The highest BCUT2D eigenvalue weighted by molar-refractivity contribution is 8.00. The first kappa shape index (κ1) is 21.2. The maximum absolute atomic E-state index is 12.8. The van der Waals surface area contributed by atoms with Crippen LogP contribution in [0.5, 0.6) is 0 Å². The molecule has 3 fully saturated rings. The molecule has 0 amide bonds. The minimum Gasteiger partial charge on any atom is -0.300 e. The molecule has 2 aromatic rings. The molecule has 0 atom stereocenters. The third-order valence-corrected chi connectivity index (χ3v) is 8.81. The highest BCUT2D eigenvalue weighted by atomic mass is 32.2. The predicted molar refractivity (Wildman–Crippen MR) is 115 cm³/mol. The highest BCUT2D eigenvalue weighted by Gasteiger charge is 2.45. The predicted octanol–water partition coefficient (Wildman–Crippen LogP) is 4.84. The maximum atomic E-state index is 12.8. The van der Waals surface area contributed by atoms with Gasteiger partial charge >= 0.3 is 6.18 Å². The summed E-state index contributed by atoms with van der Waals surface area (Å²) in [5.41, 5.74) is 0.235. The Bertz CT molecular complexity index is 914. The van der Waals surface area contributed by atoms with Crippen LogP contribution in [0.1, 0.15) is 56.5 Å². The largest absolute Gasteiger partial charge is 0.433 e. The van der Waals surface area contributed by atoms with Crippen LogP contribution in [0, 0.1) is 5.41 Å². The van der Waals surface area contributed by atoms with Gasteiger partial charge in [0.15, 0.2) is 5.82 Å². The fourth-order valence-corrected chi connectivity index (χ4v) is 6.56. The third kappa shape index (κ3) is 4.11. The van der Waals surface area contributed by atoms with Crippen molar-refractivity contribution in [2.24, 2.45) is 5.41 Å². The molecule has 1 saturated carbocycles. The van der Waals surface area contributed by atoms with E-state index in [1.165, 1.54) is 56.1 Å². The summed E-state index contributed by atoms with van der Waals surface area (Å²) in [6.07, 6.45) is 2.68. The molecule has 4 heterocycles. The zero-order valence-corrected chi connectivity index (χ0v) is 18.6. The average Bonchev–Trinajstić information content (AvgIpc) is 3.38. The topological polar surface area (TPSA) is 46.8 Å². The van der Waals surface area contributed by atoms with E-state index in [1.807, 2.05) is 11.6 Å². The fourth-order valence-electron chi connectivity index (χ4n) is 5.31. The number of aryl methyl sites for hydroxylation is 1. The van der Waals surface area contributed by atoms with E-state index in [-0.39, 0.29) is 0 Å². The van der Waals surface area contributed by atoms with Crippen LogP contribution in [-0.2, 0) is 12.7 Å². The molecule has 5 nitrogen and oxygen atoms in total. The molecule has 0 N–H and O–H groups in total. The minimum atomic E-state index is -4.44. The number of pyridine rings is 1. The Morgan fingerprint density at radius 2 is 1.94 bits per heavy atom. The molecule has 0 unspecified atom stereocenters. The van der Waals surface area contributed by atoms with Gasteiger partial charge < -0.3 is 0 Å². The van der Waals surface area contributed by atoms with Crippen molar-refractivity contribution in [1.29, 1.82) is 0 Å². The Labute approximate surface area is 184 Å². The van der Waals surface area contributed by atoms with E-state index in [2.05, 4.69) is 26.7 Å². The van der Waals surface area contributed by atoms with Crippen molar-refractivity contribution >= 4 is 11.8 Å². The zero-order chi connectivity index (χ0) is 21.6. The first-order valence-corrected chi connectivity index (χ1v) is 12.3. The summed E-state index contributed by atoms with van der Waals surface area (Å²) in [6.45, 7) is 5.24. The lowest BCUT2D eigenvalue weighted by atomic mass is 9.84. The average molecular weight is 452 g/mol. The van der Waals surface area contributed by atoms with E-state index in [9.17, 15) is 13.2 Å². The van der Waals surface area contributed by atoms with Crippen molar-refractivity contribution in [3.05, 3.63) is 29.8 Å². The van der Waals surface area contributed by atoms with Crippen LogP contribution in [0.3, 0.4) is 0 Å². The third-order valence-electron chi connectivity index (χ3n) is 7.17. The van der Waals surface area contributed by atoms with Gasteiger partial charge in [-0.2, -0.15) is 30.0 Å². The van der Waals surface area contributed by atoms with Crippen LogP contribution >= 0.6 is 11.8 Å². The number of nitrogens with zero attached hydrogens (tertiary/aromatic N) is 5. The van der Waals surface area contributed by atoms with E-state index in [1.54, 1.807) is 0 Å². The Balaban J connectivity index is 1.26. The molecule has 5 rings (SSSR count). The Morgan fingerprint density at radius 1 is 1.16 bits per heavy atom. The number of hydrogen-bond acceptors (Lipinski definition) is 5. The maximum Gasteiger partial charge on any atom is 0.433 e. The molecule has 31 heavy (non-hydrogen) atoms. The number of thioether (sulfide) groups is 1. The summed E-state index contributed by atoms with van der Waals surface area (Å²) in [5, 5.41) is 4.57. The molecular formula is C22H28F3N5S. The van der Waals surface area contributed by atoms with E-state index in [4.69, 9.17) is 4.98 Å². The quantitative estimate of drug-likeness (QED) is 0.666. The lowest BCUT2D eigenvalue weighted by Gasteiger charge is -2.40. The molecule has 168 valence electrons. The first-order valence-electron chi connectivity index (χ1n) is 11.2. The van der Waals surface area contributed by atoms with Crippen LogP contribution < -0.4 is 0 Å². The van der Waals surface area contributed by atoms with Crippen molar-refractivity contribution in [3.63, 3.8) is 0 Å². The number of halogens is 3. The van der Waals surface area contributed by atoms with Crippen molar-refractivity contribution < 1.29 is 13.2 Å². The second kappa shape index (κ2) is 8.06. The molecule has 2 saturated heterocycles. The Kier molecular flexibility index (Phi) is 5.53. The summed E-state index contributed by atoms with van der Waals surface area (Å²) in [6, 6.07) is 3.09. The van der Waals surface area contributed by atoms with E-state index < -0.39 is 11.9 Å². The Morgan fingerprint density at radius 3 is 2.48 bits per heavy atom. The molecule has 9 heteroatoms. The van der Waals surface area contributed by atoms with Crippen molar-refractivity contribution in [2.75, 3.05) is 24.6 Å². The van der Waals surface area contributed by atoms with Gasteiger partial charge in [0.1, 0.15) is 11.5 Å². The monoisotopic (exact) mass is 451 g/mol. The lowest BCUT2D eigenvalue weighted by molar-refractivity contribution is -0.141.